The molecular weight excluding hydrogens is 703 g/mol. The van der Waals surface area contributed by atoms with Crippen molar-refractivity contribution in [1.29, 1.82) is 0 Å². The Bertz CT molecular complexity index is 2230. The standard InChI is InChI=1S/C44H55N9O3/c1-27(10-13-44-23-28-18-29(24-44)20-30(19-28)25-44)42(54)46-14-17-52-15-11-33(12-16-52)53-41-38(40(45)47-26-48-41)39(50-53)32-8-9-34(37(22-32)56-3)49-43(55)36-21-31-6-4-5-7-35(31)51(36)2/h4-9,21-22,26-30,33H,10-20,23-25H2,1-3H3,(H,46,54)(H,49,55)(H2,45,47,48)/t27-,28?,29?,30?,44?/m1/s1. The van der Waals surface area contributed by atoms with Gasteiger partial charge in [0, 0.05) is 55.6 Å². The summed E-state index contributed by atoms with van der Waals surface area (Å²) in [7, 11) is 3.47. The SMILES string of the molecule is COc1cc(-c2nn(C3CCN(CCNC(=O)[C@H](C)CCC45CC6CC(CC(C6)C4)C5)CC3)c3ncnc(N)c23)ccc1NC(=O)c1cc2ccccc2n1C. The molecule has 4 bridgehead atoms. The summed E-state index contributed by atoms with van der Waals surface area (Å²) in [5.74, 6) is 3.79. The van der Waals surface area contributed by atoms with E-state index in [0.717, 1.165) is 73.1 Å². The van der Waals surface area contributed by atoms with E-state index in [1.165, 1.54) is 51.3 Å². The van der Waals surface area contributed by atoms with Gasteiger partial charge in [0.05, 0.1) is 24.2 Å². The number of hydrogen-bond acceptors (Lipinski definition) is 8. The minimum absolute atomic E-state index is 0.0652. The number of aromatic nitrogens is 5. The van der Waals surface area contributed by atoms with E-state index in [0.29, 0.717) is 51.6 Å². The maximum Gasteiger partial charge on any atom is 0.272 e. The quantitative estimate of drug-likeness (QED) is 0.121. The molecule has 2 amide bonds. The molecule has 12 nitrogen and oxygen atoms in total. The number of ether oxygens (including phenoxy) is 1. The monoisotopic (exact) mass is 757 g/mol. The van der Waals surface area contributed by atoms with Crippen molar-refractivity contribution in [3.63, 3.8) is 0 Å². The Hall–Kier alpha value is -4.97. The lowest BCUT2D eigenvalue weighted by Gasteiger charge is -2.57. The second-order valence-electron chi connectivity index (χ2n) is 17.5. The highest BCUT2D eigenvalue weighted by Crippen LogP contribution is 2.61. The first-order valence-electron chi connectivity index (χ1n) is 20.7. The number of aryl methyl sites for hydroxylation is 1. The number of benzene rings is 2. The number of hydrogen-bond donors (Lipinski definition) is 3. The average Bonchev–Trinajstić information content (AvgIpc) is 3.76. The van der Waals surface area contributed by atoms with Crippen LogP contribution in [-0.2, 0) is 11.8 Å². The second kappa shape index (κ2) is 14.8. The lowest BCUT2D eigenvalue weighted by atomic mass is 9.48. The van der Waals surface area contributed by atoms with Crippen LogP contribution in [0, 0.1) is 29.1 Å². The van der Waals surface area contributed by atoms with Crippen molar-refractivity contribution in [2.24, 2.45) is 36.1 Å². The summed E-state index contributed by atoms with van der Waals surface area (Å²) >= 11 is 0. The molecule has 1 aliphatic heterocycles. The van der Waals surface area contributed by atoms with Gasteiger partial charge in [-0.2, -0.15) is 5.10 Å². The van der Waals surface area contributed by atoms with E-state index >= 15 is 0 Å². The number of nitrogens with two attached hydrogens (primary N) is 1. The van der Waals surface area contributed by atoms with E-state index in [2.05, 4.69) is 32.4 Å². The van der Waals surface area contributed by atoms with Crippen LogP contribution < -0.4 is 21.1 Å². The number of methoxy groups -OCH3 is 1. The summed E-state index contributed by atoms with van der Waals surface area (Å²) in [4.78, 5) is 37.9. The van der Waals surface area contributed by atoms with E-state index in [1.807, 2.05) is 64.8 Å². The first kappa shape index (κ1) is 36.7. The molecule has 0 spiro atoms. The van der Waals surface area contributed by atoms with Gasteiger partial charge in [-0.25, -0.2) is 14.6 Å². The molecule has 0 unspecified atom stereocenters. The van der Waals surface area contributed by atoms with Crippen LogP contribution in [0.25, 0.3) is 33.2 Å². The number of fused-ring (bicyclic) bond motifs is 2. The molecule has 4 saturated carbocycles. The molecule has 294 valence electrons. The van der Waals surface area contributed by atoms with Crippen LogP contribution in [0.3, 0.4) is 0 Å². The van der Waals surface area contributed by atoms with E-state index < -0.39 is 0 Å². The lowest BCUT2D eigenvalue weighted by Crippen LogP contribution is -2.46. The van der Waals surface area contributed by atoms with Crippen LogP contribution in [0.2, 0.25) is 0 Å². The molecule has 4 N–H and O–H groups in total. The van der Waals surface area contributed by atoms with Gasteiger partial charge in [0.25, 0.3) is 5.91 Å². The van der Waals surface area contributed by atoms with Crippen LogP contribution in [0.4, 0.5) is 11.5 Å². The Labute approximate surface area is 328 Å². The van der Waals surface area contributed by atoms with Gasteiger partial charge in [0.1, 0.15) is 29.3 Å². The van der Waals surface area contributed by atoms with Gasteiger partial charge < -0.3 is 30.6 Å². The smallest absolute Gasteiger partial charge is 0.272 e. The predicted molar refractivity (Wildman–Crippen MR) is 219 cm³/mol. The Morgan fingerprint density at radius 1 is 1.00 bits per heavy atom. The van der Waals surface area contributed by atoms with Gasteiger partial charge >= 0.3 is 0 Å². The fourth-order valence-electron chi connectivity index (χ4n) is 11.2. The minimum Gasteiger partial charge on any atom is -0.495 e. The maximum absolute atomic E-state index is 13.4. The molecule has 56 heavy (non-hydrogen) atoms. The van der Waals surface area contributed by atoms with Crippen LogP contribution in [0.15, 0.2) is 54.9 Å². The van der Waals surface area contributed by atoms with Crippen molar-refractivity contribution < 1.29 is 14.3 Å². The number of piperidine rings is 1. The molecular formula is C44H55N9O3. The number of nitrogens with one attached hydrogen (secondary N) is 2. The molecule has 2 aromatic carbocycles. The fourth-order valence-corrected chi connectivity index (χ4v) is 11.2. The number of nitrogen functional groups attached to an aromatic ring is 1. The van der Waals surface area contributed by atoms with Crippen molar-refractivity contribution >= 4 is 45.3 Å². The van der Waals surface area contributed by atoms with Crippen molar-refractivity contribution in [3.8, 4) is 17.0 Å². The van der Waals surface area contributed by atoms with Gasteiger partial charge in [-0.1, -0.05) is 31.2 Å². The number of carbonyl (C=O) groups excluding carboxylic acids is 2. The molecule has 1 saturated heterocycles. The van der Waals surface area contributed by atoms with Crippen molar-refractivity contribution in [1.82, 2.24) is 34.5 Å². The Kier molecular flexibility index (Phi) is 9.71. The first-order chi connectivity index (χ1) is 27.2. The zero-order valence-electron chi connectivity index (χ0n) is 33.0. The Morgan fingerprint density at radius 2 is 1.73 bits per heavy atom. The van der Waals surface area contributed by atoms with Gasteiger partial charge in [-0.15, -0.1) is 0 Å². The Morgan fingerprint density at radius 3 is 2.45 bits per heavy atom. The highest BCUT2D eigenvalue weighted by Gasteiger charge is 2.50. The third-order valence-electron chi connectivity index (χ3n) is 13.8. The number of amides is 2. The molecule has 5 aliphatic rings. The van der Waals surface area contributed by atoms with E-state index in [9.17, 15) is 9.59 Å². The molecule has 3 aromatic heterocycles. The first-order valence-corrected chi connectivity index (χ1v) is 20.7. The number of likely N-dealkylation sites (tertiary alicyclic amines) is 1. The highest BCUT2D eigenvalue weighted by molar-refractivity contribution is 6.07. The average molecular weight is 758 g/mol. The van der Waals surface area contributed by atoms with Crippen LogP contribution in [-0.4, -0.2) is 74.3 Å². The van der Waals surface area contributed by atoms with Crippen LogP contribution in [0.1, 0.15) is 87.7 Å². The summed E-state index contributed by atoms with van der Waals surface area (Å²) in [5.41, 5.74) is 11.3. The largest absolute Gasteiger partial charge is 0.495 e. The molecule has 0 radical (unpaired) electrons. The number of carbonyl (C=O) groups is 2. The number of nitrogens with zero attached hydrogens (tertiary/aromatic N) is 6. The number of anilines is 2. The van der Waals surface area contributed by atoms with Gasteiger partial charge in [-0.05, 0) is 112 Å². The lowest BCUT2D eigenvalue weighted by molar-refractivity contribution is -0.125. The van der Waals surface area contributed by atoms with E-state index in [4.69, 9.17) is 15.6 Å². The van der Waals surface area contributed by atoms with Crippen molar-refractivity contribution in [2.45, 2.75) is 77.2 Å². The second-order valence-corrected chi connectivity index (χ2v) is 17.5. The zero-order valence-corrected chi connectivity index (χ0v) is 33.0. The number of rotatable bonds is 12. The zero-order chi connectivity index (χ0) is 38.6. The highest BCUT2D eigenvalue weighted by atomic mass is 16.5. The third kappa shape index (κ3) is 6.90. The van der Waals surface area contributed by atoms with Crippen molar-refractivity contribution in [3.05, 3.63) is 60.6 Å². The molecule has 10 rings (SSSR count). The predicted octanol–water partition coefficient (Wildman–Crippen LogP) is 7.21. The van der Waals surface area contributed by atoms with Crippen LogP contribution >= 0.6 is 0 Å². The van der Waals surface area contributed by atoms with Crippen molar-refractivity contribution in [2.75, 3.05) is 44.3 Å². The molecule has 5 fully saturated rings. The molecule has 12 heteroatoms. The van der Waals surface area contributed by atoms with Gasteiger partial charge in [0.15, 0.2) is 5.65 Å². The normalized spacial score (nSPS) is 24.2. The maximum atomic E-state index is 13.4. The molecule has 1 atom stereocenters. The summed E-state index contributed by atoms with van der Waals surface area (Å²) < 4.78 is 9.67. The fraction of sp³-hybridized carbons (Fsp3) is 0.523. The third-order valence-corrected chi connectivity index (χ3v) is 13.8. The van der Waals surface area contributed by atoms with Gasteiger partial charge in [-0.3, -0.25) is 9.59 Å². The summed E-state index contributed by atoms with van der Waals surface area (Å²) in [6, 6.07) is 15.6. The summed E-state index contributed by atoms with van der Waals surface area (Å²) in [6.07, 6.45) is 14.2. The van der Waals surface area contributed by atoms with E-state index in [1.54, 1.807) is 7.11 Å². The molecule has 5 aromatic rings. The molecule has 4 heterocycles. The number of para-hydroxylation sites is 1. The topological polar surface area (TPSA) is 145 Å². The molecule has 4 aliphatic carbocycles. The van der Waals surface area contributed by atoms with Crippen LogP contribution in [0.5, 0.6) is 5.75 Å². The summed E-state index contributed by atoms with van der Waals surface area (Å²) in [5, 5.41) is 13.1. The van der Waals surface area contributed by atoms with Gasteiger partial charge in [0.2, 0.25) is 5.91 Å². The Balaban J connectivity index is 0.819. The summed E-state index contributed by atoms with van der Waals surface area (Å²) in [6.45, 7) is 5.43. The van der Waals surface area contributed by atoms with E-state index in [-0.39, 0.29) is 23.8 Å². The minimum atomic E-state index is -0.229.